The molecule has 160 valence electrons. The van der Waals surface area contributed by atoms with Crippen molar-refractivity contribution < 1.29 is 9.59 Å². The second-order valence-corrected chi connectivity index (χ2v) is 8.37. The molecule has 1 N–H and O–H groups in total. The van der Waals surface area contributed by atoms with Crippen LogP contribution in [0.4, 0.5) is 5.69 Å². The SMILES string of the molecule is CC(=O)N1CCc2ccccc2C1CC(=O)NC1CCN(c2ccc(C#N)cc2)CC1. The van der Waals surface area contributed by atoms with E-state index in [0.29, 0.717) is 18.5 Å². The Kier molecular flexibility index (Phi) is 6.22. The topological polar surface area (TPSA) is 76.4 Å². The molecular weight excluding hydrogens is 388 g/mol. The van der Waals surface area contributed by atoms with Gasteiger partial charge in [-0.1, -0.05) is 24.3 Å². The predicted octanol–water partition coefficient (Wildman–Crippen LogP) is 3.18. The van der Waals surface area contributed by atoms with Gasteiger partial charge in [0.1, 0.15) is 0 Å². The Bertz CT molecular complexity index is 987. The molecule has 6 heteroatoms. The number of nitrogens with zero attached hydrogens (tertiary/aromatic N) is 3. The lowest BCUT2D eigenvalue weighted by atomic mass is 9.90. The van der Waals surface area contributed by atoms with Crippen molar-refractivity contribution >= 4 is 17.5 Å². The molecule has 2 aromatic rings. The standard InChI is InChI=1S/C25H28N4O2/c1-18(30)29-15-10-20-4-2-3-5-23(20)24(29)16-25(31)27-21-11-13-28(14-12-21)22-8-6-19(17-26)7-9-22/h2-9,21,24H,10-16H2,1H3,(H,27,31). The summed E-state index contributed by atoms with van der Waals surface area (Å²) >= 11 is 0. The van der Waals surface area contributed by atoms with E-state index in [1.165, 1.54) is 5.56 Å². The molecule has 2 heterocycles. The quantitative estimate of drug-likeness (QED) is 0.831. The average molecular weight is 417 g/mol. The number of anilines is 1. The number of rotatable bonds is 4. The monoisotopic (exact) mass is 416 g/mol. The predicted molar refractivity (Wildman–Crippen MR) is 119 cm³/mol. The molecule has 1 atom stereocenters. The number of carbonyl (C=O) groups is 2. The molecule has 2 aliphatic heterocycles. The molecular formula is C25H28N4O2. The molecule has 0 aromatic heterocycles. The van der Waals surface area contributed by atoms with Gasteiger partial charge < -0.3 is 15.1 Å². The highest BCUT2D eigenvalue weighted by atomic mass is 16.2. The van der Waals surface area contributed by atoms with Crippen molar-refractivity contribution in [1.29, 1.82) is 5.26 Å². The smallest absolute Gasteiger partial charge is 0.222 e. The normalized spacial score (nSPS) is 18.8. The molecule has 1 unspecified atom stereocenters. The first-order chi connectivity index (χ1) is 15.0. The Labute approximate surface area is 183 Å². The molecule has 0 aliphatic carbocycles. The van der Waals surface area contributed by atoms with Crippen LogP contribution in [0.5, 0.6) is 0 Å². The second-order valence-electron chi connectivity index (χ2n) is 8.37. The largest absolute Gasteiger partial charge is 0.371 e. The van der Waals surface area contributed by atoms with E-state index in [1.54, 1.807) is 6.92 Å². The van der Waals surface area contributed by atoms with E-state index in [2.05, 4.69) is 22.4 Å². The summed E-state index contributed by atoms with van der Waals surface area (Å²) in [5.74, 6) is 0.0211. The van der Waals surface area contributed by atoms with Crippen LogP contribution in [-0.2, 0) is 16.0 Å². The van der Waals surface area contributed by atoms with Gasteiger partial charge >= 0.3 is 0 Å². The number of carbonyl (C=O) groups excluding carboxylic acids is 2. The summed E-state index contributed by atoms with van der Waals surface area (Å²) in [7, 11) is 0. The van der Waals surface area contributed by atoms with E-state index in [-0.39, 0.29) is 23.9 Å². The summed E-state index contributed by atoms with van der Waals surface area (Å²) in [5, 5.41) is 12.2. The number of nitrogens with one attached hydrogen (secondary N) is 1. The van der Waals surface area contributed by atoms with Crippen molar-refractivity contribution in [3.63, 3.8) is 0 Å². The number of hydrogen-bond donors (Lipinski definition) is 1. The van der Waals surface area contributed by atoms with Crippen LogP contribution >= 0.6 is 0 Å². The second kappa shape index (κ2) is 9.22. The van der Waals surface area contributed by atoms with Gasteiger partial charge in [0.05, 0.1) is 24.1 Å². The number of fused-ring (bicyclic) bond motifs is 1. The third-order valence-electron chi connectivity index (χ3n) is 6.42. The maximum absolute atomic E-state index is 12.9. The van der Waals surface area contributed by atoms with Crippen LogP contribution in [0.1, 0.15) is 48.9 Å². The van der Waals surface area contributed by atoms with Crippen LogP contribution in [0.25, 0.3) is 0 Å². The molecule has 6 nitrogen and oxygen atoms in total. The van der Waals surface area contributed by atoms with Crippen LogP contribution in [0.3, 0.4) is 0 Å². The van der Waals surface area contributed by atoms with Gasteiger partial charge in [0.25, 0.3) is 0 Å². The van der Waals surface area contributed by atoms with Gasteiger partial charge in [-0.3, -0.25) is 9.59 Å². The number of piperidine rings is 1. The van der Waals surface area contributed by atoms with Gasteiger partial charge in [-0.15, -0.1) is 0 Å². The summed E-state index contributed by atoms with van der Waals surface area (Å²) in [5.41, 5.74) is 4.10. The fourth-order valence-electron chi connectivity index (χ4n) is 4.74. The van der Waals surface area contributed by atoms with Crippen molar-refractivity contribution in [2.45, 2.75) is 44.7 Å². The van der Waals surface area contributed by atoms with Crippen molar-refractivity contribution in [3.05, 3.63) is 65.2 Å². The maximum atomic E-state index is 12.9. The highest BCUT2D eigenvalue weighted by Gasteiger charge is 2.31. The van der Waals surface area contributed by atoms with Crippen molar-refractivity contribution in [3.8, 4) is 6.07 Å². The van der Waals surface area contributed by atoms with Gasteiger partial charge in [-0.25, -0.2) is 0 Å². The van der Waals surface area contributed by atoms with Crippen LogP contribution in [0.15, 0.2) is 48.5 Å². The molecule has 31 heavy (non-hydrogen) atoms. The maximum Gasteiger partial charge on any atom is 0.222 e. The lowest BCUT2D eigenvalue weighted by molar-refractivity contribution is -0.133. The molecule has 0 radical (unpaired) electrons. The molecule has 2 aromatic carbocycles. The molecule has 2 amide bonds. The van der Waals surface area contributed by atoms with Crippen molar-refractivity contribution in [1.82, 2.24) is 10.2 Å². The fourth-order valence-corrected chi connectivity index (χ4v) is 4.74. The van der Waals surface area contributed by atoms with Gasteiger partial charge in [0.2, 0.25) is 11.8 Å². The first-order valence-electron chi connectivity index (χ1n) is 10.9. The summed E-state index contributed by atoms with van der Waals surface area (Å²) in [6.45, 7) is 3.97. The Morgan fingerprint density at radius 1 is 1.06 bits per heavy atom. The zero-order chi connectivity index (χ0) is 21.8. The van der Waals surface area contributed by atoms with Crippen LogP contribution in [0, 0.1) is 11.3 Å². The van der Waals surface area contributed by atoms with E-state index in [1.807, 2.05) is 47.4 Å². The Morgan fingerprint density at radius 2 is 1.77 bits per heavy atom. The molecule has 1 saturated heterocycles. The van der Waals surface area contributed by atoms with Gasteiger partial charge in [-0.2, -0.15) is 5.26 Å². The van der Waals surface area contributed by atoms with Crippen LogP contribution in [-0.4, -0.2) is 42.4 Å². The molecule has 0 bridgehead atoms. The zero-order valence-electron chi connectivity index (χ0n) is 17.9. The minimum Gasteiger partial charge on any atom is -0.371 e. The van der Waals surface area contributed by atoms with E-state index >= 15 is 0 Å². The lowest BCUT2D eigenvalue weighted by Crippen LogP contribution is -2.46. The first-order valence-corrected chi connectivity index (χ1v) is 10.9. The van der Waals surface area contributed by atoms with Crippen molar-refractivity contribution in [2.75, 3.05) is 24.5 Å². The number of nitriles is 1. The molecule has 0 spiro atoms. The van der Waals surface area contributed by atoms with E-state index in [0.717, 1.165) is 43.6 Å². The fraction of sp³-hybridized carbons (Fsp3) is 0.400. The van der Waals surface area contributed by atoms with Gasteiger partial charge in [0, 0.05) is 38.3 Å². The highest BCUT2D eigenvalue weighted by Crippen LogP contribution is 2.32. The molecule has 2 aliphatic rings. The van der Waals surface area contributed by atoms with E-state index in [4.69, 9.17) is 5.26 Å². The van der Waals surface area contributed by atoms with Gasteiger partial charge in [-0.05, 0) is 54.7 Å². The first kappa shape index (κ1) is 20.9. The van der Waals surface area contributed by atoms with Crippen molar-refractivity contribution in [2.24, 2.45) is 0 Å². The Balaban J connectivity index is 1.35. The highest BCUT2D eigenvalue weighted by molar-refractivity contribution is 5.80. The molecule has 1 fully saturated rings. The van der Waals surface area contributed by atoms with Crippen LogP contribution < -0.4 is 10.2 Å². The summed E-state index contributed by atoms with van der Waals surface area (Å²) in [4.78, 5) is 29.2. The third kappa shape index (κ3) is 4.72. The number of benzene rings is 2. The van der Waals surface area contributed by atoms with Crippen LogP contribution in [0.2, 0.25) is 0 Å². The Hall–Kier alpha value is -3.33. The Morgan fingerprint density at radius 3 is 2.45 bits per heavy atom. The number of hydrogen-bond acceptors (Lipinski definition) is 4. The number of amides is 2. The summed E-state index contributed by atoms with van der Waals surface area (Å²) in [6.07, 6.45) is 2.89. The van der Waals surface area contributed by atoms with E-state index < -0.39 is 0 Å². The van der Waals surface area contributed by atoms with E-state index in [9.17, 15) is 9.59 Å². The summed E-state index contributed by atoms with van der Waals surface area (Å²) < 4.78 is 0. The lowest BCUT2D eigenvalue weighted by Gasteiger charge is -2.37. The van der Waals surface area contributed by atoms with Gasteiger partial charge in [0.15, 0.2) is 0 Å². The minimum absolute atomic E-state index is 0.00442. The third-order valence-corrected chi connectivity index (χ3v) is 6.42. The molecule has 4 rings (SSSR count). The molecule has 0 saturated carbocycles. The minimum atomic E-state index is -0.193. The average Bonchev–Trinajstić information content (AvgIpc) is 2.79. The zero-order valence-corrected chi connectivity index (χ0v) is 17.9. The summed E-state index contributed by atoms with van der Waals surface area (Å²) in [6, 6.07) is 17.9.